The minimum absolute atomic E-state index is 0.176. The second-order valence-corrected chi connectivity index (χ2v) is 7.09. The average molecular weight is 380 g/mol. The highest BCUT2D eigenvalue weighted by atomic mass is 19.1. The van der Waals surface area contributed by atoms with E-state index in [1.165, 1.54) is 12.1 Å². The molecule has 0 unspecified atom stereocenters. The Morgan fingerprint density at radius 3 is 2.29 bits per heavy atom. The molecule has 0 amide bonds. The fraction of sp³-hybridized carbons (Fsp3) is 0.318. The summed E-state index contributed by atoms with van der Waals surface area (Å²) in [6.45, 7) is 6.60. The summed E-state index contributed by atoms with van der Waals surface area (Å²) in [5.41, 5.74) is 3.27. The quantitative estimate of drug-likeness (QED) is 0.682. The topological polar surface area (TPSA) is 44.4 Å². The van der Waals surface area contributed by atoms with Crippen LogP contribution >= 0.6 is 0 Å². The number of nitrogens with one attached hydrogen (secondary N) is 1. The molecular weight excluding hydrogens is 355 g/mol. The molecule has 0 bridgehead atoms. The maximum absolute atomic E-state index is 13.0. The smallest absolute Gasteiger partial charge is 0.123 e. The van der Waals surface area contributed by atoms with Crippen LogP contribution in [-0.2, 0) is 6.54 Å². The van der Waals surface area contributed by atoms with Gasteiger partial charge in [0.2, 0.25) is 0 Å². The lowest BCUT2D eigenvalue weighted by Gasteiger charge is -2.34. The van der Waals surface area contributed by atoms with Gasteiger partial charge >= 0.3 is 0 Å². The third-order valence-corrected chi connectivity index (χ3v) is 5.13. The number of nitrogens with zero attached hydrogens (tertiary/aromatic N) is 3. The molecule has 0 aliphatic carbocycles. The molecule has 1 N–H and O–H groups in total. The minimum Gasteiger partial charge on any atom is -0.492 e. The van der Waals surface area contributed by atoms with Gasteiger partial charge in [-0.1, -0.05) is 12.1 Å². The third-order valence-electron chi connectivity index (χ3n) is 5.13. The Hall–Kier alpha value is -2.70. The number of aromatic amines is 1. The first-order valence-electron chi connectivity index (χ1n) is 9.68. The lowest BCUT2D eigenvalue weighted by Crippen LogP contribution is -2.47. The van der Waals surface area contributed by atoms with Crippen LogP contribution in [0.5, 0.6) is 5.75 Å². The summed E-state index contributed by atoms with van der Waals surface area (Å²) >= 11 is 0. The van der Waals surface area contributed by atoms with E-state index in [9.17, 15) is 4.39 Å². The summed E-state index contributed by atoms with van der Waals surface area (Å²) in [6, 6.07) is 16.8. The van der Waals surface area contributed by atoms with Gasteiger partial charge in [0, 0.05) is 45.5 Å². The summed E-state index contributed by atoms with van der Waals surface area (Å²) in [6.07, 6.45) is 1.75. The predicted molar refractivity (Wildman–Crippen MR) is 108 cm³/mol. The van der Waals surface area contributed by atoms with Crippen molar-refractivity contribution in [3.05, 3.63) is 72.2 Å². The highest BCUT2D eigenvalue weighted by Crippen LogP contribution is 2.20. The number of benzene rings is 2. The van der Waals surface area contributed by atoms with Gasteiger partial charge in [-0.25, -0.2) is 4.39 Å². The first kappa shape index (κ1) is 18.7. The van der Waals surface area contributed by atoms with Crippen molar-refractivity contribution >= 4 is 0 Å². The first-order chi connectivity index (χ1) is 13.8. The zero-order valence-corrected chi connectivity index (χ0v) is 15.9. The second-order valence-electron chi connectivity index (χ2n) is 7.09. The molecule has 1 aliphatic rings. The number of ether oxygens (including phenoxy) is 1. The fourth-order valence-corrected chi connectivity index (χ4v) is 3.46. The average Bonchev–Trinajstić information content (AvgIpc) is 3.26. The summed E-state index contributed by atoms with van der Waals surface area (Å²) < 4.78 is 18.9. The maximum Gasteiger partial charge on any atom is 0.123 e. The van der Waals surface area contributed by atoms with E-state index in [0.717, 1.165) is 61.8 Å². The van der Waals surface area contributed by atoms with Crippen LogP contribution in [-0.4, -0.2) is 59.3 Å². The molecule has 28 heavy (non-hydrogen) atoms. The van der Waals surface area contributed by atoms with Crippen molar-refractivity contribution in [2.24, 2.45) is 0 Å². The van der Waals surface area contributed by atoms with Gasteiger partial charge in [0.15, 0.2) is 0 Å². The molecule has 6 heteroatoms. The Morgan fingerprint density at radius 1 is 0.893 bits per heavy atom. The molecule has 146 valence electrons. The monoisotopic (exact) mass is 380 g/mol. The van der Waals surface area contributed by atoms with Gasteiger partial charge < -0.3 is 4.74 Å². The van der Waals surface area contributed by atoms with E-state index < -0.39 is 0 Å². The number of hydrogen-bond donors (Lipinski definition) is 1. The lowest BCUT2D eigenvalue weighted by atomic mass is 10.1. The Kier molecular flexibility index (Phi) is 5.99. The molecule has 1 aromatic heterocycles. The molecule has 0 atom stereocenters. The molecule has 3 aromatic rings. The number of aromatic nitrogens is 2. The highest BCUT2D eigenvalue weighted by Gasteiger charge is 2.16. The van der Waals surface area contributed by atoms with Gasteiger partial charge in [0.25, 0.3) is 0 Å². The molecule has 1 aliphatic heterocycles. The Balaban J connectivity index is 1.17. The third kappa shape index (κ3) is 4.97. The maximum atomic E-state index is 13.0. The van der Waals surface area contributed by atoms with Gasteiger partial charge in [0.05, 0.1) is 5.69 Å². The molecule has 0 spiro atoms. The van der Waals surface area contributed by atoms with Crippen molar-refractivity contribution in [2.75, 3.05) is 39.3 Å². The van der Waals surface area contributed by atoms with Gasteiger partial charge in [0.1, 0.15) is 18.2 Å². The molecule has 1 saturated heterocycles. The second kappa shape index (κ2) is 8.99. The molecule has 4 rings (SSSR count). The van der Waals surface area contributed by atoms with Gasteiger partial charge in [-0.05, 0) is 53.6 Å². The van der Waals surface area contributed by atoms with Crippen LogP contribution in [0.25, 0.3) is 11.3 Å². The molecule has 0 radical (unpaired) electrons. The van der Waals surface area contributed by atoms with Gasteiger partial charge in [-0.2, -0.15) is 5.10 Å². The van der Waals surface area contributed by atoms with E-state index in [2.05, 4.69) is 20.0 Å². The Morgan fingerprint density at radius 2 is 1.61 bits per heavy atom. The predicted octanol–water partition coefficient (Wildman–Crippen LogP) is 3.41. The van der Waals surface area contributed by atoms with Gasteiger partial charge in [-0.3, -0.25) is 14.9 Å². The fourth-order valence-electron chi connectivity index (χ4n) is 3.46. The normalized spacial score (nSPS) is 15.6. The summed E-state index contributed by atoms with van der Waals surface area (Å²) in [5.74, 6) is 0.711. The van der Waals surface area contributed by atoms with Crippen molar-refractivity contribution in [3.8, 4) is 17.0 Å². The van der Waals surface area contributed by atoms with Crippen LogP contribution in [0.2, 0.25) is 0 Å². The number of piperazine rings is 1. The van der Waals surface area contributed by atoms with E-state index in [1.54, 1.807) is 6.20 Å². The van der Waals surface area contributed by atoms with Crippen molar-refractivity contribution < 1.29 is 9.13 Å². The summed E-state index contributed by atoms with van der Waals surface area (Å²) in [5, 5.41) is 6.94. The largest absolute Gasteiger partial charge is 0.492 e. The first-order valence-corrected chi connectivity index (χ1v) is 9.68. The summed E-state index contributed by atoms with van der Waals surface area (Å²) in [7, 11) is 0. The Bertz CT molecular complexity index is 841. The molecule has 0 saturated carbocycles. The van der Waals surface area contributed by atoms with Crippen LogP contribution in [0.1, 0.15) is 5.56 Å². The number of rotatable bonds is 7. The van der Waals surface area contributed by atoms with Crippen molar-refractivity contribution in [1.29, 1.82) is 0 Å². The number of hydrogen-bond acceptors (Lipinski definition) is 4. The van der Waals surface area contributed by atoms with E-state index in [1.807, 2.05) is 42.5 Å². The zero-order chi connectivity index (χ0) is 19.2. The molecule has 2 aromatic carbocycles. The van der Waals surface area contributed by atoms with E-state index >= 15 is 0 Å². The van der Waals surface area contributed by atoms with Crippen molar-refractivity contribution in [1.82, 2.24) is 20.0 Å². The molecule has 1 fully saturated rings. The number of H-pyrrole nitrogens is 1. The van der Waals surface area contributed by atoms with Gasteiger partial charge in [-0.15, -0.1) is 0 Å². The minimum atomic E-state index is -0.176. The number of halogens is 1. The zero-order valence-electron chi connectivity index (χ0n) is 15.9. The Labute approximate surface area is 164 Å². The van der Waals surface area contributed by atoms with Crippen molar-refractivity contribution in [2.45, 2.75) is 6.54 Å². The van der Waals surface area contributed by atoms with Crippen molar-refractivity contribution in [3.63, 3.8) is 0 Å². The standard InChI is InChI=1S/C22H25FN4O/c23-20-5-1-18(2-6-20)17-27-13-11-26(12-14-27)15-16-28-21-7-3-19(4-8-21)22-9-10-24-25-22/h1-10H,11-17H2,(H,24,25). The molecular formula is C22H25FN4O. The van der Waals surface area contributed by atoms with Crippen LogP contribution in [0.4, 0.5) is 4.39 Å². The molecule has 5 nitrogen and oxygen atoms in total. The van der Waals surface area contributed by atoms with Crippen LogP contribution < -0.4 is 4.74 Å². The van der Waals surface area contributed by atoms with E-state index in [-0.39, 0.29) is 5.82 Å². The molecule has 2 heterocycles. The van der Waals surface area contributed by atoms with Crippen LogP contribution in [0.3, 0.4) is 0 Å². The lowest BCUT2D eigenvalue weighted by molar-refractivity contribution is 0.112. The summed E-state index contributed by atoms with van der Waals surface area (Å²) in [4.78, 5) is 4.85. The van der Waals surface area contributed by atoms with Crippen LogP contribution in [0, 0.1) is 5.82 Å². The van der Waals surface area contributed by atoms with E-state index in [4.69, 9.17) is 4.74 Å². The van der Waals surface area contributed by atoms with Crippen LogP contribution in [0.15, 0.2) is 60.8 Å². The SMILES string of the molecule is Fc1ccc(CN2CCN(CCOc3ccc(-c4ccn[nH]4)cc3)CC2)cc1. The van der Waals surface area contributed by atoms with E-state index in [0.29, 0.717) is 6.61 Å². The highest BCUT2D eigenvalue weighted by molar-refractivity contribution is 5.59.